The standard InChI is InChI=1S/C12H14BrNO3/c1-8(2-7-11(15)16)14-12(17)9-3-5-10(13)6-4-9/h3-6,8H,2,7H2,1H3,(H,14,17)(H,15,16). The van der Waals surface area contributed by atoms with E-state index in [2.05, 4.69) is 21.2 Å². The number of amides is 1. The van der Waals surface area contributed by atoms with Crippen LogP contribution in [0.1, 0.15) is 30.1 Å². The molecule has 0 aromatic heterocycles. The summed E-state index contributed by atoms with van der Waals surface area (Å²) in [5.74, 6) is -1.04. The number of nitrogens with one attached hydrogen (secondary N) is 1. The molecule has 1 aromatic rings. The lowest BCUT2D eigenvalue weighted by Gasteiger charge is -2.12. The highest BCUT2D eigenvalue weighted by molar-refractivity contribution is 9.10. The smallest absolute Gasteiger partial charge is 0.303 e. The molecule has 0 saturated carbocycles. The Hall–Kier alpha value is -1.36. The van der Waals surface area contributed by atoms with Crippen molar-refractivity contribution in [2.75, 3.05) is 0 Å². The molecule has 1 rings (SSSR count). The molecule has 2 N–H and O–H groups in total. The molecule has 0 radical (unpaired) electrons. The van der Waals surface area contributed by atoms with E-state index < -0.39 is 5.97 Å². The maximum Gasteiger partial charge on any atom is 0.303 e. The molecular weight excluding hydrogens is 286 g/mol. The summed E-state index contributed by atoms with van der Waals surface area (Å²) < 4.78 is 0.910. The lowest BCUT2D eigenvalue weighted by molar-refractivity contribution is -0.137. The summed E-state index contributed by atoms with van der Waals surface area (Å²) in [5.41, 5.74) is 0.565. The highest BCUT2D eigenvalue weighted by Gasteiger charge is 2.10. The van der Waals surface area contributed by atoms with Gasteiger partial charge < -0.3 is 10.4 Å². The molecule has 0 saturated heterocycles. The Morgan fingerprint density at radius 2 is 1.94 bits per heavy atom. The van der Waals surface area contributed by atoms with Crippen molar-refractivity contribution in [2.24, 2.45) is 0 Å². The quantitative estimate of drug-likeness (QED) is 0.877. The van der Waals surface area contributed by atoms with E-state index in [1.54, 1.807) is 31.2 Å². The maximum atomic E-state index is 11.7. The summed E-state index contributed by atoms with van der Waals surface area (Å²) in [6.07, 6.45) is 0.486. The topological polar surface area (TPSA) is 66.4 Å². The van der Waals surface area contributed by atoms with Crippen LogP contribution in [0, 0.1) is 0 Å². The number of rotatable bonds is 5. The zero-order chi connectivity index (χ0) is 12.8. The van der Waals surface area contributed by atoms with Gasteiger partial charge in [-0.25, -0.2) is 0 Å². The van der Waals surface area contributed by atoms with Gasteiger partial charge in [0.2, 0.25) is 0 Å². The minimum Gasteiger partial charge on any atom is -0.481 e. The van der Waals surface area contributed by atoms with Crippen LogP contribution in [0.4, 0.5) is 0 Å². The molecule has 0 heterocycles. The largest absolute Gasteiger partial charge is 0.481 e. The Morgan fingerprint density at radius 1 is 1.35 bits per heavy atom. The Bertz CT molecular complexity index is 403. The van der Waals surface area contributed by atoms with Gasteiger partial charge in [0.05, 0.1) is 0 Å². The summed E-state index contributed by atoms with van der Waals surface area (Å²) in [4.78, 5) is 22.1. The molecule has 0 spiro atoms. The van der Waals surface area contributed by atoms with Crippen LogP contribution in [0.3, 0.4) is 0 Å². The van der Waals surface area contributed by atoms with Crippen molar-refractivity contribution in [1.82, 2.24) is 5.32 Å². The van der Waals surface area contributed by atoms with Crippen molar-refractivity contribution in [3.05, 3.63) is 34.3 Å². The van der Waals surface area contributed by atoms with E-state index >= 15 is 0 Å². The number of carboxylic acid groups (broad SMARTS) is 1. The fourth-order valence-electron chi connectivity index (χ4n) is 1.32. The molecule has 1 aromatic carbocycles. The molecule has 0 aliphatic carbocycles. The van der Waals surface area contributed by atoms with E-state index in [9.17, 15) is 9.59 Å². The van der Waals surface area contributed by atoms with Gasteiger partial charge in [0.1, 0.15) is 0 Å². The van der Waals surface area contributed by atoms with Crippen LogP contribution in [0.5, 0.6) is 0 Å². The first-order chi connectivity index (χ1) is 7.99. The molecule has 1 unspecified atom stereocenters. The normalized spacial score (nSPS) is 11.9. The molecule has 0 aliphatic rings. The molecule has 92 valence electrons. The SMILES string of the molecule is CC(CCC(=O)O)NC(=O)c1ccc(Br)cc1. The first kappa shape index (κ1) is 13.7. The molecule has 0 aliphatic heterocycles. The van der Waals surface area contributed by atoms with Gasteiger partial charge in [-0.2, -0.15) is 0 Å². The minimum atomic E-state index is -0.852. The van der Waals surface area contributed by atoms with Gasteiger partial charge in [0.25, 0.3) is 5.91 Å². The average molecular weight is 300 g/mol. The van der Waals surface area contributed by atoms with Crippen LogP contribution in [0.15, 0.2) is 28.7 Å². The van der Waals surface area contributed by atoms with E-state index in [0.29, 0.717) is 12.0 Å². The number of carbonyl (C=O) groups is 2. The van der Waals surface area contributed by atoms with Gasteiger partial charge in [0, 0.05) is 22.5 Å². The number of benzene rings is 1. The Kier molecular flexibility index (Phi) is 5.15. The second kappa shape index (κ2) is 6.39. The van der Waals surface area contributed by atoms with E-state index in [1.165, 1.54) is 0 Å². The molecule has 0 fully saturated rings. The van der Waals surface area contributed by atoms with Crippen molar-refractivity contribution in [3.63, 3.8) is 0 Å². The van der Waals surface area contributed by atoms with Gasteiger partial charge >= 0.3 is 5.97 Å². The molecule has 1 atom stereocenters. The van der Waals surface area contributed by atoms with Crippen molar-refractivity contribution < 1.29 is 14.7 Å². The molecular formula is C12H14BrNO3. The van der Waals surface area contributed by atoms with Crippen molar-refractivity contribution in [3.8, 4) is 0 Å². The third kappa shape index (κ3) is 4.99. The van der Waals surface area contributed by atoms with Crippen LogP contribution in [0.25, 0.3) is 0 Å². The van der Waals surface area contributed by atoms with Crippen LogP contribution in [0.2, 0.25) is 0 Å². The number of aliphatic carboxylic acids is 1. The predicted molar refractivity (Wildman–Crippen MR) is 67.9 cm³/mol. The summed E-state index contributed by atoms with van der Waals surface area (Å²) in [6, 6.07) is 6.85. The lowest BCUT2D eigenvalue weighted by atomic mass is 10.1. The number of carbonyl (C=O) groups excluding carboxylic acids is 1. The number of hydrogen-bond acceptors (Lipinski definition) is 2. The van der Waals surface area contributed by atoms with Crippen LogP contribution < -0.4 is 5.32 Å². The van der Waals surface area contributed by atoms with Gasteiger partial charge in [0.15, 0.2) is 0 Å². The summed E-state index contributed by atoms with van der Waals surface area (Å²) in [5, 5.41) is 11.3. The van der Waals surface area contributed by atoms with Crippen LogP contribution in [-0.4, -0.2) is 23.0 Å². The molecule has 5 heteroatoms. The molecule has 0 bridgehead atoms. The zero-order valence-corrected chi connectivity index (χ0v) is 11.0. The number of carboxylic acids is 1. The monoisotopic (exact) mass is 299 g/mol. The Labute approximate surface area is 108 Å². The third-order valence-corrected chi connectivity index (χ3v) is 2.80. The van der Waals surface area contributed by atoms with Gasteiger partial charge in [-0.1, -0.05) is 15.9 Å². The highest BCUT2D eigenvalue weighted by Crippen LogP contribution is 2.10. The highest BCUT2D eigenvalue weighted by atomic mass is 79.9. The van der Waals surface area contributed by atoms with Gasteiger partial charge in [-0.05, 0) is 37.6 Å². The zero-order valence-electron chi connectivity index (χ0n) is 9.44. The lowest BCUT2D eigenvalue weighted by Crippen LogP contribution is -2.32. The maximum absolute atomic E-state index is 11.7. The average Bonchev–Trinajstić information content (AvgIpc) is 2.27. The van der Waals surface area contributed by atoms with E-state index in [-0.39, 0.29) is 18.4 Å². The summed E-state index contributed by atoms with van der Waals surface area (Å²) in [7, 11) is 0. The second-order valence-electron chi connectivity index (χ2n) is 3.81. The van der Waals surface area contributed by atoms with E-state index in [4.69, 9.17) is 5.11 Å². The van der Waals surface area contributed by atoms with E-state index in [1.807, 2.05) is 0 Å². The first-order valence-corrected chi connectivity index (χ1v) is 6.06. The first-order valence-electron chi connectivity index (χ1n) is 5.27. The third-order valence-electron chi connectivity index (χ3n) is 2.28. The Morgan fingerprint density at radius 3 is 2.47 bits per heavy atom. The summed E-state index contributed by atoms with van der Waals surface area (Å²) in [6.45, 7) is 1.79. The van der Waals surface area contributed by atoms with Crippen molar-refractivity contribution >= 4 is 27.8 Å². The molecule has 1 amide bonds. The van der Waals surface area contributed by atoms with Crippen LogP contribution in [-0.2, 0) is 4.79 Å². The number of halogens is 1. The predicted octanol–water partition coefficient (Wildman–Crippen LogP) is 2.43. The fourth-order valence-corrected chi connectivity index (χ4v) is 1.58. The summed E-state index contributed by atoms with van der Waals surface area (Å²) >= 11 is 3.29. The fraction of sp³-hybridized carbons (Fsp3) is 0.333. The van der Waals surface area contributed by atoms with Crippen molar-refractivity contribution in [1.29, 1.82) is 0 Å². The van der Waals surface area contributed by atoms with Crippen molar-refractivity contribution in [2.45, 2.75) is 25.8 Å². The Balaban J connectivity index is 2.48. The van der Waals surface area contributed by atoms with Gasteiger partial charge in [-0.15, -0.1) is 0 Å². The second-order valence-corrected chi connectivity index (χ2v) is 4.73. The number of hydrogen-bond donors (Lipinski definition) is 2. The molecule has 17 heavy (non-hydrogen) atoms. The minimum absolute atomic E-state index is 0.0573. The van der Waals surface area contributed by atoms with Gasteiger partial charge in [-0.3, -0.25) is 9.59 Å². The molecule has 4 nitrogen and oxygen atoms in total. The van der Waals surface area contributed by atoms with E-state index in [0.717, 1.165) is 4.47 Å². The van der Waals surface area contributed by atoms with Crippen LogP contribution >= 0.6 is 15.9 Å².